The third-order valence-electron chi connectivity index (χ3n) is 1.58. The van der Waals surface area contributed by atoms with Gasteiger partial charge >= 0.3 is 23.7 Å². The van der Waals surface area contributed by atoms with Crippen LogP contribution in [0.25, 0.3) is 0 Å². The lowest BCUT2D eigenvalue weighted by Crippen LogP contribution is -2.82. The van der Waals surface area contributed by atoms with Crippen LogP contribution in [0, 0.1) is 0 Å². The van der Waals surface area contributed by atoms with Crippen LogP contribution in [-0.2, 0) is 0 Å². The van der Waals surface area contributed by atoms with E-state index >= 15 is 0 Å². The number of halogens is 14. The molecule has 0 aromatic heterocycles. The topological polar surface area (TPSA) is 0 Å². The largest absolute Gasteiger partial charge is 0.385 e. The van der Waals surface area contributed by atoms with E-state index in [0.29, 0.717) is 0 Å². The van der Waals surface area contributed by atoms with Gasteiger partial charge in [0.1, 0.15) is 0 Å². The van der Waals surface area contributed by atoms with Gasteiger partial charge in [-0.25, -0.2) is 0 Å². The van der Waals surface area contributed by atoms with Crippen LogP contribution in [0.2, 0.25) is 0 Å². The van der Waals surface area contributed by atoms with Crippen LogP contribution in [0.3, 0.4) is 0 Å². The minimum Gasteiger partial charge on any atom is -0.269 e. The number of hydrogen-bond acceptors (Lipinski definition) is 0. The van der Waals surface area contributed by atoms with Crippen LogP contribution >= 0.6 is 0 Å². The molecule has 0 unspecified atom stereocenters. The summed E-state index contributed by atoms with van der Waals surface area (Å²) in [7, 11) is 0. The lowest BCUT2D eigenvalue weighted by Gasteiger charge is -2.49. The summed E-state index contributed by atoms with van der Waals surface area (Å²) in [6.07, 6.45) is 0. The first-order valence-corrected chi connectivity index (χ1v) is 3.51. The van der Waals surface area contributed by atoms with Gasteiger partial charge in [-0.15, -0.1) is 0 Å². The minimum atomic E-state index is -5.97. The Kier molecular flexibility index (Phi) is 21.1. The molecule has 0 spiro atoms. The Morgan fingerprint density at radius 2 is 0.400 bits per heavy atom. The first-order valence-electron chi connectivity index (χ1n) is 3.51. The van der Waals surface area contributed by atoms with E-state index in [0.717, 1.165) is 0 Å². The van der Waals surface area contributed by atoms with Crippen LogP contribution in [0.4, 0.5) is 63.3 Å². The van der Waals surface area contributed by atoms with Crippen molar-refractivity contribution >= 4 is 0 Å². The lowest BCUT2D eigenvalue weighted by molar-refractivity contribution is -0.506. The summed E-state index contributed by atoms with van der Waals surface area (Å²) in [4.78, 5) is 0. The number of hydrogen-bond donors (Lipinski definition) is 0. The van der Waals surface area contributed by atoms with E-state index in [4.69, 9.17) is 0 Å². The molecule has 0 atom stereocenters. The van der Waals surface area contributed by atoms with Crippen LogP contribution in [0.15, 0.2) is 0 Å². The fraction of sp³-hybridized carbons (Fsp3) is 1.00. The van der Waals surface area contributed by atoms with Gasteiger partial charge in [0, 0.05) is 0 Å². The number of alkyl halides is 8. The van der Waals surface area contributed by atoms with E-state index in [2.05, 4.69) is 0 Å². The first-order chi connectivity index (χ1) is 6.00. The SMILES string of the molecule is CC.F.F.F.F.F.F.FC1(F)C(F)(F)C(F)(F)C1(F)F. The van der Waals surface area contributed by atoms with Crippen molar-refractivity contribution < 1.29 is 63.3 Å². The van der Waals surface area contributed by atoms with Gasteiger partial charge in [-0.2, -0.15) is 35.1 Å². The van der Waals surface area contributed by atoms with Gasteiger partial charge in [-0.05, 0) is 0 Å². The molecule has 0 aromatic carbocycles. The standard InChI is InChI=1S/C4F8.C2H6.6FH/c5-1(6)2(7,8)4(11,12)3(1,9)10;1-2;;;;;;/h;1-2H3;6*1H. The molecule has 0 saturated heterocycles. The summed E-state index contributed by atoms with van der Waals surface area (Å²) in [6, 6.07) is 0. The van der Waals surface area contributed by atoms with E-state index < -0.39 is 23.7 Å². The highest BCUT2D eigenvalue weighted by atomic mass is 19.4. The summed E-state index contributed by atoms with van der Waals surface area (Å²) in [5.74, 6) is -23.9. The fourth-order valence-corrected chi connectivity index (χ4v) is 0.726. The Labute approximate surface area is 102 Å². The van der Waals surface area contributed by atoms with E-state index in [1.54, 1.807) is 0 Å². The molecular weight excluding hydrogens is 338 g/mol. The second-order valence-corrected chi connectivity index (χ2v) is 2.30. The molecule has 0 nitrogen and oxygen atoms in total. The molecule has 134 valence electrons. The second-order valence-electron chi connectivity index (χ2n) is 2.30. The third-order valence-corrected chi connectivity index (χ3v) is 1.58. The molecule has 0 aliphatic heterocycles. The van der Waals surface area contributed by atoms with Crippen LogP contribution in [0.1, 0.15) is 13.8 Å². The highest BCUT2D eigenvalue weighted by Crippen LogP contribution is 2.69. The van der Waals surface area contributed by atoms with Crippen molar-refractivity contribution in [3.8, 4) is 0 Å². The molecule has 1 aliphatic carbocycles. The summed E-state index contributed by atoms with van der Waals surface area (Å²) in [6.45, 7) is 4.00. The van der Waals surface area contributed by atoms with Crippen molar-refractivity contribution in [2.75, 3.05) is 0 Å². The Balaban J connectivity index is -0.0000000404. The third kappa shape index (κ3) is 3.56. The molecule has 1 fully saturated rings. The fourth-order valence-electron chi connectivity index (χ4n) is 0.726. The van der Waals surface area contributed by atoms with Crippen LogP contribution in [-0.4, -0.2) is 23.7 Å². The van der Waals surface area contributed by atoms with Gasteiger partial charge in [0.2, 0.25) is 0 Å². The molecule has 0 radical (unpaired) electrons. The maximum Gasteiger partial charge on any atom is 0.385 e. The van der Waals surface area contributed by atoms with E-state index in [1.807, 2.05) is 13.8 Å². The summed E-state index contributed by atoms with van der Waals surface area (Å²) in [5.41, 5.74) is 0. The van der Waals surface area contributed by atoms with Gasteiger partial charge in [0.05, 0.1) is 0 Å². The molecule has 0 heterocycles. The Morgan fingerprint density at radius 3 is 0.450 bits per heavy atom. The Bertz CT molecular complexity index is 158. The quantitative estimate of drug-likeness (QED) is 0.565. The molecular formula is C6H12F14. The smallest absolute Gasteiger partial charge is 0.269 e. The molecule has 1 saturated carbocycles. The molecule has 0 bridgehead atoms. The van der Waals surface area contributed by atoms with Gasteiger partial charge in [-0.3, -0.25) is 28.2 Å². The maximum absolute atomic E-state index is 11.6. The van der Waals surface area contributed by atoms with Crippen molar-refractivity contribution in [2.45, 2.75) is 37.5 Å². The average molecular weight is 350 g/mol. The zero-order valence-corrected chi connectivity index (χ0v) is 9.47. The summed E-state index contributed by atoms with van der Waals surface area (Å²) in [5, 5.41) is 0. The first kappa shape index (κ1) is 42.7. The van der Waals surface area contributed by atoms with E-state index in [-0.39, 0.29) is 28.2 Å². The predicted octanol–water partition coefficient (Wildman–Crippen LogP) is 4.48. The molecule has 1 rings (SSSR count). The average Bonchev–Trinajstić information content (AvgIpc) is 2.05. The maximum atomic E-state index is 11.6. The normalized spacial score (nSPS) is 20.7. The zero-order chi connectivity index (χ0) is 12.0. The molecule has 0 aromatic rings. The van der Waals surface area contributed by atoms with Crippen molar-refractivity contribution in [3.63, 3.8) is 0 Å². The summed E-state index contributed by atoms with van der Waals surface area (Å²) >= 11 is 0. The van der Waals surface area contributed by atoms with Gasteiger partial charge in [-0.1, -0.05) is 13.8 Å². The zero-order valence-electron chi connectivity index (χ0n) is 9.47. The van der Waals surface area contributed by atoms with E-state index in [9.17, 15) is 35.1 Å². The van der Waals surface area contributed by atoms with Crippen molar-refractivity contribution in [2.24, 2.45) is 0 Å². The number of rotatable bonds is 0. The molecule has 0 N–H and O–H groups in total. The monoisotopic (exact) mass is 350 g/mol. The van der Waals surface area contributed by atoms with Gasteiger partial charge in [0.25, 0.3) is 0 Å². The van der Waals surface area contributed by atoms with Crippen molar-refractivity contribution in [3.05, 3.63) is 0 Å². The Morgan fingerprint density at radius 1 is 0.350 bits per heavy atom. The van der Waals surface area contributed by atoms with Gasteiger partial charge < -0.3 is 0 Å². The molecule has 1 aliphatic rings. The van der Waals surface area contributed by atoms with Gasteiger partial charge in [0.15, 0.2) is 0 Å². The minimum absolute atomic E-state index is 0. The summed E-state index contributed by atoms with van der Waals surface area (Å²) < 4.78 is 92.9. The second kappa shape index (κ2) is 9.85. The molecule has 20 heavy (non-hydrogen) atoms. The van der Waals surface area contributed by atoms with Crippen molar-refractivity contribution in [1.29, 1.82) is 0 Å². The molecule has 14 heteroatoms. The Hall–Kier alpha value is -0.980. The predicted molar refractivity (Wildman–Crippen MR) is 46.2 cm³/mol. The lowest BCUT2D eigenvalue weighted by atomic mass is 9.80. The van der Waals surface area contributed by atoms with Crippen LogP contribution < -0.4 is 0 Å². The van der Waals surface area contributed by atoms with Crippen molar-refractivity contribution in [1.82, 2.24) is 0 Å². The van der Waals surface area contributed by atoms with Crippen LogP contribution in [0.5, 0.6) is 0 Å². The van der Waals surface area contributed by atoms with E-state index in [1.165, 1.54) is 0 Å². The molecule has 0 amide bonds. The highest BCUT2D eigenvalue weighted by Gasteiger charge is 3.01. The highest BCUT2D eigenvalue weighted by molar-refractivity contribution is 5.22.